The monoisotopic (exact) mass is 226 g/mol. The quantitative estimate of drug-likeness (QED) is 0.800. The van der Waals surface area contributed by atoms with Gasteiger partial charge in [0.15, 0.2) is 0 Å². The van der Waals surface area contributed by atoms with Crippen LogP contribution in [0.3, 0.4) is 0 Å². The number of nitrogens with zero attached hydrogens (tertiary/aromatic N) is 1. The van der Waals surface area contributed by atoms with Crippen molar-refractivity contribution in [3.8, 4) is 0 Å². The number of amides is 1. The number of halogens is 1. The van der Waals surface area contributed by atoms with Crippen LogP contribution in [0.2, 0.25) is 0 Å². The average molecular weight is 227 g/mol. The minimum absolute atomic E-state index is 0.0387. The SMILES string of the molecule is CC(CCl)C(=O)N[C@@H](C)c1ccccn1. The topological polar surface area (TPSA) is 42.0 Å². The van der Waals surface area contributed by atoms with Gasteiger partial charge in [-0.3, -0.25) is 9.78 Å². The molecule has 1 aromatic rings. The lowest BCUT2D eigenvalue weighted by Gasteiger charge is -2.15. The van der Waals surface area contributed by atoms with Crippen LogP contribution in [0.1, 0.15) is 25.6 Å². The number of carbonyl (C=O) groups excluding carboxylic acids is 1. The first-order valence-corrected chi connectivity index (χ1v) is 5.46. The third-order valence-corrected chi connectivity index (χ3v) is 2.63. The van der Waals surface area contributed by atoms with Gasteiger partial charge >= 0.3 is 0 Å². The molecule has 0 aliphatic heterocycles. The highest BCUT2D eigenvalue weighted by Gasteiger charge is 2.15. The van der Waals surface area contributed by atoms with E-state index >= 15 is 0 Å². The van der Waals surface area contributed by atoms with Crippen molar-refractivity contribution in [3.63, 3.8) is 0 Å². The van der Waals surface area contributed by atoms with E-state index in [0.29, 0.717) is 5.88 Å². The van der Waals surface area contributed by atoms with Gasteiger partial charge in [0.1, 0.15) is 0 Å². The lowest BCUT2D eigenvalue weighted by Crippen LogP contribution is -2.32. The first-order valence-electron chi connectivity index (χ1n) is 4.92. The van der Waals surface area contributed by atoms with Crippen LogP contribution in [0.15, 0.2) is 24.4 Å². The van der Waals surface area contributed by atoms with Gasteiger partial charge in [-0.05, 0) is 19.1 Å². The van der Waals surface area contributed by atoms with Crippen molar-refractivity contribution in [2.45, 2.75) is 19.9 Å². The van der Waals surface area contributed by atoms with Gasteiger partial charge in [-0.2, -0.15) is 0 Å². The Bertz CT molecular complexity index is 316. The van der Waals surface area contributed by atoms with Crippen molar-refractivity contribution >= 4 is 17.5 Å². The number of alkyl halides is 1. The Balaban J connectivity index is 2.56. The molecule has 1 heterocycles. The molecule has 1 unspecified atom stereocenters. The van der Waals surface area contributed by atoms with E-state index in [9.17, 15) is 4.79 Å². The van der Waals surface area contributed by atoms with E-state index in [4.69, 9.17) is 11.6 Å². The maximum absolute atomic E-state index is 11.5. The maximum Gasteiger partial charge on any atom is 0.224 e. The Hall–Kier alpha value is -1.09. The molecule has 0 fully saturated rings. The number of aromatic nitrogens is 1. The summed E-state index contributed by atoms with van der Waals surface area (Å²) >= 11 is 5.60. The maximum atomic E-state index is 11.5. The molecule has 0 spiro atoms. The summed E-state index contributed by atoms with van der Waals surface area (Å²) in [7, 11) is 0. The van der Waals surface area contributed by atoms with Gasteiger partial charge in [-0.25, -0.2) is 0 Å². The van der Waals surface area contributed by atoms with Gasteiger partial charge < -0.3 is 5.32 Å². The van der Waals surface area contributed by atoms with Gasteiger partial charge in [0.05, 0.1) is 11.7 Å². The number of nitrogens with one attached hydrogen (secondary N) is 1. The minimum Gasteiger partial charge on any atom is -0.348 e. The molecule has 1 N–H and O–H groups in total. The Morgan fingerprint density at radius 1 is 1.53 bits per heavy atom. The van der Waals surface area contributed by atoms with Crippen LogP contribution in [0.4, 0.5) is 0 Å². The molecular formula is C11H15ClN2O. The fraction of sp³-hybridized carbons (Fsp3) is 0.455. The molecule has 1 rings (SSSR count). The van der Waals surface area contributed by atoms with Crippen LogP contribution in [0.25, 0.3) is 0 Å². The number of rotatable bonds is 4. The molecule has 0 bridgehead atoms. The highest BCUT2D eigenvalue weighted by Crippen LogP contribution is 2.09. The van der Waals surface area contributed by atoms with Crippen LogP contribution in [0.5, 0.6) is 0 Å². The first-order chi connectivity index (χ1) is 7.15. The molecule has 0 aliphatic rings. The first kappa shape index (κ1) is 12.0. The van der Waals surface area contributed by atoms with Crippen LogP contribution in [-0.2, 0) is 4.79 Å². The third-order valence-electron chi connectivity index (χ3n) is 2.17. The molecule has 2 atom stereocenters. The lowest BCUT2D eigenvalue weighted by molar-refractivity contribution is -0.124. The molecule has 0 aromatic carbocycles. The van der Waals surface area contributed by atoms with E-state index in [-0.39, 0.29) is 17.9 Å². The molecule has 3 nitrogen and oxygen atoms in total. The average Bonchev–Trinajstić information content (AvgIpc) is 2.29. The summed E-state index contributed by atoms with van der Waals surface area (Å²) in [4.78, 5) is 15.7. The minimum atomic E-state index is -0.169. The van der Waals surface area contributed by atoms with Crippen LogP contribution in [-0.4, -0.2) is 16.8 Å². The summed E-state index contributed by atoms with van der Waals surface area (Å²) in [5, 5.41) is 2.86. The number of carbonyl (C=O) groups is 1. The Kier molecular flexibility index (Phi) is 4.56. The predicted molar refractivity (Wildman–Crippen MR) is 60.7 cm³/mol. The molecule has 1 aromatic heterocycles. The molecule has 0 saturated heterocycles. The van der Waals surface area contributed by atoms with Crippen LogP contribution in [0, 0.1) is 5.92 Å². The second kappa shape index (κ2) is 5.71. The molecular weight excluding hydrogens is 212 g/mol. The van der Waals surface area contributed by atoms with Gasteiger partial charge in [0.2, 0.25) is 5.91 Å². The van der Waals surface area contributed by atoms with Gasteiger partial charge in [-0.15, -0.1) is 11.6 Å². The van der Waals surface area contributed by atoms with Crippen molar-refractivity contribution in [2.75, 3.05) is 5.88 Å². The summed E-state index contributed by atoms with van der Waals surface area (Å²) < 4.78 is 0. The summed E-state index contributed by atoms with van der Waals surface area (Å²) in [5.41, 5.74) is 0.854. The fourth-order valence-corrected chi connectivity index (χ4v) is 1.27. The highest BCUT2D eigenvalue weighted by atomic mass is 35.5. The highest BCUT2D eigenvalue weighted by molar-refractivity contribution is 6.19. The molecule has 0 radical (unpaired) electrons. The van der Waals surface area contributed by atoms with E-state index in [2.05, 4.69) is 10.3 Å². The van der Waals surface area contributed by atoms with E-state index in [1.165, 1.54) is 0 Å². The van der Waals surface area contributed by atoms with Crippen molar-refractivity contribution < 1.29 is 4.79 Å². The van der Waals surface area contributed by atoms with Crippen LogP contribution < -0.4 is 5.32 Å². The normalized spacial score (nSPS) is 14.3. The lowest BCUT2D eigenvalue weighted by atomic mass is 10.1. The van der Waals surface area contributed by atoms with Crippen molar-refractivity contribution in [2.24, 2.45) is 5.92 Å². The summed E-state index contributed by atoms with van der Waals surface area (Å²) in [6, 6.07) is 5.55. The summed E-state index contributed by atoms with van der Waals surface area (Å²) in [6.07, 6.45) is 1.71. The third kappa shape index (κ3) is 3.51. The largest absolute Gasteiger partial charge is 0.348 e. The Morgan fingerprint density at radius 3 is 2.80 bits per heavy atom. The van der Waals surface area contributed by atoms with E-state index in [1.807, 2.05) is 25.1 Å². The zero-order chi connectivity index (χ0) is 11.3. The molecule has 0 saturated carbocycles. The Morgan fingerprint density at radius 2 is 2.27 bits per heavy atom. The number of hydrogen-bond donors (Lipinski definition) is 1. The molecule has 1 amide bonds. The zero-order valence-electron chi connectivity index (χ0n) is 8.90. The predicted octanol–water partition coefficient (Wildman–Crippen LogP) is 2.13. The summed E-state index contributed by atoms with van der Waals surface area (Å²) in [6.45, 7) is 3.70. The van der Waals surface area contributed by atoms with Crippen molar-refractivity contribution in [1.82, 2.24) is 10.3 Å². The number of hydrogen-bond acceptors (Lipinski definition) is 2. The van der Waals surface area contributed by atoms with E-state index < -0.39 is 0 Å². The molecule has 0 aliphatic carbocycles. The second-order valence-corrected chi connectivity index (χ2v) is 3.85. The Labute approximate surface area is 94.9 Å². The zero-order valence-corrected chi connectivity index (χ0v) is 9.66. The molecule has 4 heteroatoms. The smallest absolute Gasteiger partial charge is 0.224 e. The van der Waals surface area contributed by atoms with Gasteiger partial charge in [0, 0.05) is 18.0 Å². The van der Waals surface area contributed by atoms with Gasteiger partial charge in [-0.1, -0.05) is 13.0 Å². The fourth-order valence-electron chi connectivity index (χ4n) is 1.13. The second-order valence-electron chi connectivity index (χ2n) is 3.54. The van der Waals surface area contributed by atoms with Gasteiger partial charge in [0.25, 0.3) is 0 Å². The van der Waals surface area contributed by atoms with Crippen LogP contribution >= 0.6 is 11.6 Å². The molecule has 15 heavy (non-hydrogen) atoms. The van der Waals surface area contributed by atoms with E-state index in [1.54, 1.807) is 13.1 Å². The van der Waals surface area contributed by atoms with Crippen molar-refractivity contribution in [1.29, 1.82) is 0 Å². The van der Waals surface area contributed by atoms with E-state index in [0.717, 1.165) is 5.69 Å². The van der Waals surface area contributed by atoms with Crippen molar-refractivity contribution in [3.05, 3.63) is 30.1 Å². The standard InChI is InChI=1S/C11H15ClN2O/c1-8(7-12)11(15)14-9(2)10-5-3-4-6-13-10/h3-6,8-9H,7H2,1-2H3,(H,14,15)/t8?,9-/m0/s1. The number of pyridine rings is 1. The molecule has 82 valence electrons. The summed E-state index contributed by atoms with van der Waals surface area (Å²) in [5.74, 6) is 0.127.